The van der Waals surface area contributed by atoms with Gasteiger partial charge in [0, 0.05) is 13.1 Å². The number of aryl methyl sites for hydroxylation is 1. The Morgan fingerprint density at radius 2 is 2.07 bits per heavy atom. The smallest absolute Gasteiger partial charge is 0.348 e. The number of aromatic nitrogens is 2. The second-order valence-electron chi connectivity index (χ2n) is 6.63. The van der Waals surface area contributed by atoms with Crippen molar-refractivity contribution in [2.24, 2.45) is 0 Å². The summed E-state index contributed by atoms with van der Waals surface area (Å²) in [5.41, 5.74) is 3.26. The fourth-order valence-corrected chi connectivity index (χ4v) is 4.52. The highest BCUT2D eigenvalue weighted by molar-refractivity contribution is 7.20. The summed E-state index contributed by atoms with van der Waals surface area (Å²) in [6.45, 7) is 5.63. The largest absolute Gasteiger partial charge is 0.508 e. The zero-order chi connectivity index (χ0) is 19.7. The van der Waals surface area contributed by atoms with Crippen molar-refractivity contribution in [3.63, 3.8) is 0 Å². The molecule has 0 fully saturated rings. The molecule has 0 bridgehead atoms. The number of esters is 1. The van der Waals surface area contributed by atoms with Crippen LogP contribution in [-0.2, 0) is 4.74 Å². The van der Waals surface area contributed by atoms with Crippen LogP contribution in [0, 0.1) is 6.92 Å². The van der Waals surface area contributed by atoms with E-state index in [1.54, 1.807) is 25.4 Å². The molecule has 0 unspecified atom stereocenters. The molecule has 1 N–H and O–H groups in total. The van der Waals surface area contributed by atoms with Crippen LogP contribution in [0.1, 0.15) is 34.1 Å². The van der Waals surface area contributed by atoms with Gasteiger partial charge in [-0.05, 0) is 49.1 Å². The van der Waals surface area contributed by atoms with Crippen LogP contribution in [0.4, 0.5) is 5.82 Å². The van der Waals surface area contributed by atoms with Crippen LogP contribution in [0.3, 0.4) is 0 Å². The minimum Gasteiger partial charge on any atom is -0.508 e. The molecule has 4 rings (SSSR count). The number of nitrogens with zero attached hydrogens (tertiary/aromatic N) is 3. The van der Waals surface area contributed by atoms with Crippen LogP contribution in [0.15, 0.2) is 36.7 Å². The molecule has 0 saturated carbocycles. The van der Waals surface area contributed by atoms with Gasteiger partial charge in [-0.2, -0.15) is 0 Å². The number of phenols is 1. The summed E-state index contributed by atoms with van der Waals surface area (Å²) in [4.78, 5) is 24.7. The molecule has 1 aliphatic rings. The third-order valence-electron chi connectivity index (χ3n) is 4.91. The molecule has 3 heterocycles. The lowest BCUT2D eigenvalue weighted by Crippen LogP contribution is -2.29. The normalized spacial score (nSPS) is 14.2. The van der Waals surface area contributed by atoms with Crippen molar-refractivity contribution < 1.29 is 14.6 Å². The van der Waals surface area contributed by atoms with Crippen molar-refractivity contribution in [1.82, 2.24) is 9.97 Å². The highest BCUT2D eigenvalue weighted by Crippen LogP contribution is 2.36. The van der Waals surface area contributed by atoms with Crippen molar-refractivity contribution in [3.05, 3.63) is 52.7 Å². The maximum atomic E-state index is 12.2. The summed E-state index contributed by atoms with van der Waals surface area (Å²) in [6, 6.07) is 7.30. The lowest BCUT2D eigenvalue weighted by atomic mass is 9.99. The molecule has 1 aromatic carbocycles. The Kier molecular flexibility index (Phi) is 5.00. The second kappa shape index (κ2) is 7.59. The number of hydrogen-bond donors (Lipinski definition) is 1. The number of thiophene rings is 1. The van der Waals surface area contributed by atoms with E-state index in [2.05, 4.69) is 20.9 Å². The summed E-state index contributed by atoms with van der Waals surface area (Å²) in [5.74, 6) is 0.827. The van der Waals surface area contributed by atoms with Crippen LogP contribution < -0.4 is 4.90 Å². The highest BCUT2D eigenvalue weighted by atomic mass is 32.1. The molecule has 0 radical (unpaired) electrons. The van der Waals surface area contributed by atoms with Gasteiger partial charge in [-0.1, -0.05) is 18.2 Å². The van der Waals surface area contributed by atoms with Crippen molar-refractivity contribution in [2.45, 2.75) is 20.3 Å². The molecule has 3 aromatic rings. The molecule has 0 atom stereocenters. The fourth-order valence-electron chi connectivity index (χ4n) is 3.48. The van der Waals surface area contributed by atoms with Gasteiger partial charge in [-0.25, -0.2) is 14.8 Å². The SMILES string of the molecule is CCOC(=O)c1sc2ncnc(N3CC=C(c4ccc(O)cc4)CC3)c2c1C. The quantitative estimate of drug-likeness (QED) is 0.668. The first-order valence-corrected chi connectivity index (χ1v) is 10.0. The molecule has 28 heavy (non-hydrogen) atoms. The number of carbonyl (C=O) groups is 1. The van der Waals surface area contributed by atoms with Crippen LogP contribution in [0.2, 0.25) is 0 Å². The van der Waals surface area contributed by atoms with Gasteiger partial charge >= 0.3 is 5.97 Å². The summed E-state index contributed by atoms with van der Waals surface area (Å²) < 4.78 is 5.18. The monoisotopic (exact) mass is 395 g/mol. The number of rotatable bonds is 4. The second-order valence-corrected chi connectivity index (χ2v) is 7.63. The first-order valence-electron chi connectivity index (χ1n) is 9.23. The van der Waals surface area contributed by atoms with E-state index in [-0.39, 0.29) is 11.7 Å². The first kappa shape index (κ1) is 18.4. The van der Waals surface area contributed by atoms with E-state index >= 15 is 0 Å². The highest BCUT2D eigenvalue weighted by Gasteiger charge is 2.23. The topological polar surface area (TPSA) is 75.5 Å². The Labute approximate surface area is 167 Å². The maximum absolute atomic E-state index is 12.2. The predicted molar refractivity (Wildman–Crippen MR) is 111 cm³/mol. The maximum Gasteiger partial charge on any atom is 0.348 e. The molecule has 0 saturated heterocycles. The molecule has 0 spiro atoms. The molecule has 0 amide bonds. The Morgan fingerprint density at radius 1 is 1.29 bits per heavy atom. The van der Waals surface area contributed by atoms with Gasteiger partial charge in [-0.3, -0.25) is 0 Å². The van der Waals surface area contributed by atoms with Gasteiger partial charge < -0.3 is 14.7 Å². The summed E-state index contributed by atoms with van der Waals surface area (Å²) >= 11 is 1.36. The lowest BCUT2D eigenvalue weighted by molar-refractivity contribution is 0.0531. The number of fused-ring (bicyclic) bond motifs is 1. The number of anilines is 1. The number of carbonyl (C=O) groups excluding carboxylic acids is 1. The van der Waals surface area contributed by atoms with Crippen LogP contribution in [0.5, 0.6) is 5.75 Å². The van der Waals surface area contributed by atoms with E-state index in [0.717, 1.165) is 46.7 Å². The number of ether oxygens (including phenoxy) is 1. The van der Waals surface area contributed by atoms with Gasteiger partial charge in [0.1, 0.15) is 27.6 Å². The summed E-state index contributed by atoms with van der Waals surface area (Å²) in [5, 5.41) is 10.4. The molecule has 144 valence electrons. The van der Waals surface area contributed by atoms with Gasteiger partial charge in [-0.15, -0.1) is 11.3 Å². The number of aromatic hydroxyl groups is 1. The summed E-state index contributed by atoms with van der Waals surface area (Å²) in [7, 11) is 0. The van der Waals surface area contributed by atoms with Crippen LogP contribution in [-0.4, -0.2) is 40.7 Å². The molecular formula is C21H21N3O3S. The molecular weight excluding hydrogens is 374 g/mol. The lowest BCUT2D eigenvalue weighted by Gasteiger charge is -2.28. The average Bonchev–Trinajstić information content (AvgIpc) is 3.06. The predicted octanol–water partition coefficient (Wildman–Crippen LogP) is 4.18. The van der Waals surface area contributed by atoms with Crippen LogP contribution in [0.25, 0.3) is 15.8 Å². The Balaban J connectivity index is 1.65. The zero-order valence-corrected chi connectivity index (χ0v) is 16.6. The van der Waals surface area contributed by atoms with Crippen molar-refractivity contribution in [2.75, 3.05) is 24.6 Å². The zero-order valence-electron chi connectivity index (χ0n) is 15.8. The van der Waals surface area contributed by atoms with Crippen molar-refractivity contribution in [1.29, 1.82) is 0 Å². The minimum absolute atomic E-state index is 0.274. The molecule has 1 aliphatic heterocycles. The first-order chi connectivity index (χ1) is 13.6. The Morgan fingerprint density at radius 3 is 2.75 bits per heavy atom. The van der Waals surface area contributed by atoms with E-state index in [9.17, 15) is 9.90 Å². The van der Waals surface area contributed by atoms with Gasteiger partial charge in [0.05, 0.1) is 12.0 Å². The molecule has 2 aromatic heterocycles. The standard InChI is InChI=1S/C21H21N3O3S/c1-3-27-21(26)18-13(2)17-19(22-12-23-20(17)28-18)24-10-8-15(9-11-24)14-4-6-16(25)7-5-14/h4-8,12,25H,3,9-11H2,1-2H3. The minimum atomic E-state index is -0.304. The van der Waals surface area contributed by atoms with E-state index in [4.69, 9.17) is 4.74 Å². The molecule has 0 aliphatic carbocycles. The van der Waals surface area contributed by atoms with Crippen LogP contribution >= 0.6 is 11.3 Å². The van der Waals surface area contributed by atoms with E-state index in [1.165, 1.54) is 16.9 Å². The molecule has 6 nitrogen and oxygen atoms in total. The average molecular weight is 395 g/mol. The third kappa shape index (κ3) is 3.33. The van der Waals surface area contributed by atoms with Crippen molar-refractivity contribution in [3.8, 4) is 5.75 Å². The van der Waals surface area contributed by atoms with Gasteiger partial charge in [0.25, 0.3) is 0 Å². The molecule has 7 heteroatoms. The Bertz CT molecular complexity index is 1060. The van der Waals surface area contributed by atoms with Crippen molar-refractivity contribution >= 4 is 38.9 Å². The fraction of sp³-hybridized carbons (Fsp3) is 0.286. The summed E-state index contributed by atoms with van der Waals surface area (Å²) in [6.07, 6.45) is 4.63. The third-order valence-corrected chi connectivity index (χ3v) is 6.09. The van der Waals surface area contributed by atoms with E-state index < -0.39 is 0 Å². The number of hydrogen-bond acceptors (Lipinski definition) is 7. The van der Waals surface area contributed by atoms with Gasteiger partial charge in [0.15, 0.2) is 0 Å². The Hall–Kier alpha value is -2.93. The number of benzene rings is 1. The van der Waals surface area contributed by atoms with Gasteiger partial charge in [0.2, 0.25) is 0 Å². The number of phenolic OH excluding ortho intramolecular Hbond substituents is 1. The van der Waals surface area contributed by atoms with E-state index in [0.29, 0.717) is 11.5 Å². The van der Waals surface area contributed by atoms with E-state index in [1.807, 2.05) is 19.1 Å².